The fourth-order valence-corrected chi connectivity index (χ4v) is 2.16. The third-order valence-electron chi connectivity index (χ3n) is 2.96. The molecule has 6 heteroatoms. The van der Waals surface area contributed by atoms with Gasteiger partial charge in [-0.05, 0) is 23.8 Å². The largest absolute Gasteiger partial charge is 0.378 e. The second-order valence-electron chi connectivity index (χ2n) is 4.39. The first kappa shape index (κ1) is 13.7. The van der Waals surface area contributed by atoms with E-state index in [1.165, 1.54) is 18.2 Å². The molecule has 21 heavy (non-hydrogen) atoms. The molecule has 0 aliphatic rings. The summed E-state index contributed by atoms with van der Waals surface area (Å²) >= 11 is 5.95. The molecule has 0 amide bonds. The van der Waals surface area contributed by atoms with Crippen molar-refractivity contribution in [3.05, 3.63) is 70.8 Å². The van der Waals surface area contributed by atoms with Crippen LogP contribution in [0.5, 0.6) is 0 Å². The third-order valence-corrected chi connectivity index (χ3v) is 3.28. The van der Waals surface area contributed by atoms with Crippen LogP contribution in [0.1, 0.15) is 17.6 Å². The maximum atomic E-state index is 13.0. The Morgan fingerprint density at radius 3 is 2.62 bits per heavy atom. The van der Waals surface area contributed by atoms with Gasteiger partial charge in [0.2, 0.25) is 5.82 Å². The SMILES string of the molecule is OC(c1ccccc1)c1nc(-c2ccc(F)cc2Cl)no1. The van der Waals surface area contributed by atoms with E-state index in [0.717, 1.165) is 0 Å². The Morgan fingerprint density at radius 2 is 1.90 bits per heavy atom. The lowest BCUT2D eigenvalue weighted by Gasteiger charge is -2.04. The zero-order chi connectivity index (χ0) is 14.8. The first-order valence-electron chi connectivity index (χ1n) is 6.17. The van der Waals surface area contributed by atoms with E-state index in [1.807, 2.05) is 6.07 Å². The fourth-order valence-electron chi connectivity index (χ4n) is 1.90. The van der Waals surface area contributed by atoms with Crippen molar-refractivity contribution in [3.63, 3.8) is 0 Å². The summed E-state index contributed by atoms with van der Waals surface area (Å²) in [7, 11) is 0. The lowest BCUT2D eigenvalue weighted by atomic mass is 10.1. The summed E-state index contributed by atoms with van der Waals surface area (Å²) in [4.78, 5) is 4.11. The van der Waals surface area contributed by atoms with Crippen LogP contribution in [0.15, 0.2) is 53.1 Å². The Labute approximate surface area is 124 Å². The molecule has 0 spiro atoms. The average Bonchev–Trinajstić information content (AvgIpc) is 2.97. The molecule has 1 heterocycles. The second kappa shape index (κ2) is 5.63. The van der Waals surface area contributed by atoms with Crippen molar-refractivity contribution < 1.29 is 14.0 Å². The average molecular weight is 305 g/mol. The van der Waals surface area contributed by atoms with Crippen molar-refractivity contribution >= 4 is 11.6 Å². The van der Waals surface area contributed by atoms with Crippen LogP contribution >= 0.6 is 11.6 Å². The molecule has 1 atom stereocenters. The molecule has 0 saturated carbocycles. The summed E-state index contributed by atoms with van der Waals surface area (Å²) in [6.45, 7) is 0. The molecule has 1 N–H and O–H groups in total. The number of aliphatic hydroxyl groups is 1. The van der Waals surface area contributed by atoms with Gasteiger partial charge in [-0.1, -0.05) is 47.1 Å². The first-order chi connectivity index (χ1) is 10.1. The number of hydrogen-bond donors (Lipinski definition) is 1. The predicted molar refractivity (Wildman–Crippen MR) is 75.2 cm³/mol. The second-order valence-corrected chi connectivity index (χ2v) is 4.80. The van der Waals surface area contributed by atoms with Gasteiger partial charge in [0.15, 0.2) is 6.10 Å². The van der Waals surface area contributed by atoms with Crippen LogP contribution in [0.4, 0.5) is 4.39 Å². The number of hydrogen-bond acceptors (Lipinski definition) is 4. The van der Waals surface area contributed by atoms with Gasteiger partial charge in [-0.3, -0.25) is 0 Å². The molecular weight excluding hydrogens is 295 g/mol. The van der Waals surface area contributed by atoms with Crippen molar-refractivity contribution in [3.8, 4) is 11.4 Å². The summed E-state index contributed by atoms with van der Waals surface area (Å²) in [5, 5.41) is 14.1. The van der Waals surface area contributed by atoms with Gasteiger partial charge in [0.25, 0.3) is 5.89 Å². The monoisotopic (exact) mass is 304 g/mol. The Bertz CT molecular complexity index is 761. The number of aromatic nitrogens is 2. The molecule has 0 aliphatic heterocycles. The Hall–Kier alpha value is -2.24. The number of rotatable bonds is 3. The van der Waals surface area contributed by atoms with E-state index >= 15 is 0 Å². The van der Waals surface area contributed by atoms with Crippen LogP contribution in [0.2, 0.25) is 5.02 Å². The molecule has 0 fully saturated rings. The number of aliphatic hydroxyl groups excluding tert-OH is 1. The Kier molecular flexibility index (Phi) is 3.68. The minimum Gasteiger partial charge on any atom is -0.378 e. The molecule has 1 aromatic heterocycles. The zero-order valence-electron chi connectivity index (χ0n) is 10.7. The molecule has 0 radical (unpaired) electrons. The molecule has 3 rings (SSSR count). The van der Waals surface area contributed by atoms with Crippen molar-refractivity contribution in [2.45, 2.75) is 6.10 Å². The highest BCUT2D eigenvalue weighted by Crippen LogP contribution is 2.28. The van der Waals surface area contributed by atoms with Gasteiger partial charge < -0.3 is 9.63 Å². The van der Waals surface area contributed by atoms with Gasteiger partial charge in [0.1, 0.15) is 5.82 Å². The van der Waals surface area contributed by atoms with Crippen molar-refractivity contribution in [1.29, 1.82) is 0 Å². The van der Waals surface area contributed by atoms with Crippen LogP contribution in [0.3, 0.4) is 0 Å². The van der Waals surface area contributed by atoms with E-state index in [4.69, 9.17) is 16.1 Å². The minimum absolute atomic E-state index is 0.0524. The minimum atomic E-state index is -1.02. The van der Waals surface area contributed by atoms with Gasteiger partial charge in [0, 0.05) is 5.56 Å². The highest BCUT2D eigenvalue weighted by Gasteiger charge is 2.19. The zero-order valence-corrected chi connectivity index (χ0v) is 11.5. The molecule has 2 aromatic carbocycles. The molecular formula is C15H10ClFN2O2. The van der Waals surface area contributed by atoms with E-state index in [-0.39, 0.29) is 16.7 Å². The maximum absolute atomic E-state index is 13.0. The first-order valence-corrected chi connectivity index (χ1v) is 6.55. The summed E-state index contributed by atoms with van der Waals surface area (Å²) < 4.78 is 18.1. The van der Waals surface area contributed by atoms with Gasteiger partial charge in [-0.25, -0.2) is 4.39 Å². The maximum Gasteiger partial charge on any atom is 0.260 e. The number of benzene rings is 2. The lowest BCUT2D eigenvalue weighted by molar-refractivity contribution is 0.170. The lowest BCUT2D eigenvalue weighted by Crippen LogP contribution is -1.99. The smallest absolute Gasteiger partial charge is 0.260 e. The molecule has 1 unspecified atom stereocenters. The van der Waals surface area contributed by atoms with E-state index < -0.39 is 11.9 Å². The van der Waals surface area contributed by atoms with Crippen molar-refractivity contribution in [2.75, 3.05) is 0 Å². The molecule has 106 valence electrons. The van der Waals surface area contributed by atoms with E-state index in [9.17, 15) is 9.50 Å². The number of nitrogens with zero attached hydrogens (tertiary/aromatic N) is 2. The van der Waals surface area contributed by atoms with Gasteiger partial charge in [-0.2, -0.15) is 4.98 Å². The predicted octanol–water partition coefficient (Wildman–Crippen LogP) is 3.61. The summed E-state index contributed by atoms with van der Waals surface area (Å²) in [5.41, 5.74) is 1.08. The molecule has 0 saturated heterocycles. The Morgan fingerprint density at radius 1 is 1.14 bits per heavy atom. The normalized spacial score (nSPS) is 12.3. The summed E-state index contributed by atoms with van der Waals surface area (Å²) in [6, 6.07) is 12.8. The fraction of sp³-hybridized carbons (Fsp3) is 0.0667. The van der Waals surface area contributed by atoms with Crippen molar-refractivity contribution in [1.82, 2.24) is 10.1 Å². The highest BCUT2D eigenvalue weighted by atomic mass is 35.5. The van der Waals surface area contributed by atoms with Crippen LogP contribution in [0, 0.1) is 5.82 Å². The van der Waals surface area contributed by atoms with Crippen LogP contribution in [0.25, 0.3) is 11.4 Å². The van der Waals surface area contributed by atoms with Gasteiger partial charge in [0.05, 0.1) is 5.02 Å². The summed E-state index contributed by atoms with van der Waals surface area (Å²) in [6.07, 6.45) is -1.02. The van der Waals surface area contributed by atoms with E-state index in [1.54, 1.807) is 24.3 Å². The van der Waals surface area contributed by atoms with E-state index in [0.29, 0.717) is 11.1 Å². The molecule has 4 nitrogen and oxygen atoms in total. The highest BCUT2D eigenvalue weighted by molar-refractivity contribution is 6.33. The van der Waals surface area contributed by atoms with Crippen molar-refractivity contribution in [2.24, 2.45) is 0 Å². The van der Waals surface area contributed by atoms with Crippen LogP contribution in [-0.4, -0.2) is 15.2 Å². The molecule has 3 aromatic rings. The van der Waals surface area contributed by atoms with Gasteiger partial charge >= 0.3 is 0 Å². The van der Waals surface area contributed by atoms with Gasteiger partial charge in [-0.15, -0.1) is 0 Å². The van der Waals surface area contributed by atoms with Crippen LogP contribution in [-0.2, 0) is 0 Å². The van der Waals surface area contributed by atoms with E-state index in [2.05, 4.69) is 10.1 Å². The molecule has 0 aliphatic carbocycles. The summed E-state index contributed by atoms with van der Waals surface area (Å²) in [5.74, 6) is -0.196. The molecule has 0 bridgehead atoms. The Balaban J connectivity index is 1.93. The standard InChI is InChI=1S/C15H10ClFN2O2/c16-12-8-10(17)6-7-11(12)14-18-15(21-19-14)13(20)9-4-2-1-3-5-9/h1-8,13,20H. The topological polar surface area (TPSA) is 59.2 Å². The third kappa shape index (κ3) is 2.79. The van der Waals surface area contributed by atoms with Crippen LogP contribution < -0.4 is 0 Å². The number of halogens is 2. The quantitative estimate of drug-likeness (QED) is 0.803.